The third kappa shape index (κ3) is 2.87. The lowest BCUT2D eigenvalue weighted by Gasteiger charge is -2.31. The number of hydrogen-bond acceptors (Lipinski definition) is 3. The molecule has 0 bridgehead atoms. The van der Waals surface area contributed by atoms with Crippen LogP contribution in [0.3, 0.4) is 0 Å². The van der Waals surface area contributed by atoms with Crippen molar-refractivity contribution in [3.63, 3.8) is 0 Å². The number of rotatable bonds is 2. The van der Waals surface area contributed by atoms with Crippen molar-refractivity contribution in [2.75, 3.05) is 13.1 Å². The van der Waals surface area contributed by atoms with Crippen LogP contribution < -0.4 is 5.73 Å². The predicted octanol–water partition coefficient (Wildman–Crippen LogP) is 1.18. The van der Waals surface area contributed by atoms with Gasteiger partial charge in [-0.3, -0.25) is 14.6 Å². The molecule has 0 aliphatic carbocycles. The van der Waals surface area contributed by atoms with Crippen molar-refractivity contribution in [3.05, 3.63) is 28.5 Å². The molecule has 5 nitrogen and oxygen atoms in total. The van der Waals surface area contributed by atoms with Gasteiger partial charge in [0.1, 0.15) is 0 Å². The van der Waals surface area contributed by atoms with E-state index in [2.05, 4.69) is 20.9 Å². The summed E-state index contributed by atoms with van der Waals surface area (Å²) in [5.74, 6) is -0.669. The van der Waals surface area contributed by atoms with E-state index in [0.717, 1.165) is 17.3 Å². The Bertz CT molecular complexity index is 478. The van der Waals surface area contributed by atoms with Crippen LogP contribution in [-0.2, 0) is 4.79 Å². The smallest absolute Gasteiger partial charge is 0.255 e. The SMILES string of the molecule is NC(=O)C1CCCN(C(=O)c2cncc(Br)c2)C1. The summed E-state index contributed by atoms with van der Waals surface area (Å²) in [6, 6.07) is 1.73. The van der Waals surface area contributed by atoms with Crippen molar-refractivity contribution in [1.29, 1.82) is 0 Å². The molecule has 0 radical (unpaired) electrons. The first kappa shape index (κ1) is 13.0. The number of pyridine rings is 1. The molecule has 0 spiro atoms. The third-order valence-electron chi connectivity index (χ3n) is 3.06. The molecule has 2 N–H and O–H groups in total. The Morgan fingerprint density at radius 3 is 2.89 bits per heavy atom. The minimum Gasteiger partial charge on any atom is -0.369 e. The first-order valence-electron chi connectivity index (χ1n) is 5.77. The molecule has 1 aromatic heterocycles. The van der Waals surface area contributed by atoms with E-state index in [-0.39, 0.29) is 17.7 Å². The Labute approximate surface area is 113 Å². The molecule has 0 saturated carbocycles. The second-order valence-electron chi connectivity index (χ2n) is 4.38. The molecule has 6 heteroatoms. The molecule has 1 aromatic rings. The van der Waals surface area contributed by atoms with Gasteiger partial charge < -0.3 is 10.6 Å². The fourth-order valence-corrected chi connectivity index (χ4v) is 2.47. The minimum atomic E-state index is -0.333. The van der Waals surface area contributed by atoms with E-state index < -0.39 is 0 Å². The molecular weight excluding hydrogens is 298 g/mol. The van der Waals surface area contributed by atoms with Crippen LogP contribution in [0.2, 0.25) is 0 Å². The zero-order valence-corrected chi connectivity index (χ0v) is 11.4. The largest absolute Gasteiger partial charge is 0.369 e. The summed E-state index contributed by atoms with van der Waals surface area (Å²) in [7, 11) is 0. The second kappa shape index (κ2) is 5.48. The van der Waals surface area contributed by atoms with Crippen LogP contribution in [0.25, 0.3) is 0 Å². The average Bonchev–Trinajstić information content (AvgIpc) is 2.38. The highest BCUT2D eigenvalue weighted by Crippen LogP contribution is 2.19. The summed E-state index contributed by atoms with van der Waals surface area (Å²) in [5, 5.41) is 0. The molecule has 1 fully saturated rings. The Balaban J connectivity index is 2.11. The van der Waals surface area contributed by atoms with E-state index in [1.54, 1.807) is 17.2 Å². The maximum absolute atomic E-state index is 12.2. The Hall–Kier alpha value is -1.43. The second-order valence-corrected chi connectivity index (χ2v) is 5.30. The Kier molecular flexibility index (Phi) is 3.96. The maximum atomic E-state index is 12.2. The first-order chi connectivity index (χ1) is 8.58. The van der Waals surface area contributed by atoms with E-state index in [0.29, 0.717) is 18.7 Å². The molecule has 1 saturated heterocycles. The Morgan fingerprint density at radius 2 is 2.22 bits per heavy atom. The average molecular weight is 312 g/mol. The van der Waals surface area contributed by atoms with Gasteiger partial charge >= 0.3 is 0 Å². The van der Waals surface area contributed by atoms with Gasteiger partial charge in [-0.15, -0.1) is 0 Å². The molecule has 1 atom stereocenters. The number of piperidine rings is 1. The van der Waals surface area contributed by atoms with E-state index in [4.69, 9.17) is 5.73 Å². The number of carbonyl (C=O) groups is 2. The number of primary amides is 1. The van der Waals surface area contributed by atoms with Crippen LogP contribution in [-0.4, -0.2) is 34.8 Å². The van der Waals surface area contributed by atoms with Crippen molar-refractivity contribution in [2.45, 2.75) is 12.8 Å². The minimum absolute atomic E-state index is 0.102. The zero-order chi connectivity index (χ0) is 13.1. The number of hydrogen-bond donors (Lipinski definition) is 1. The number of aromatic nitrogens is 1. The van der Waals surface area contributed by atoms with E-state index in [1.165, 1.54) is 6.20 Å². The highest BCUT2D eigenvalue weighted by Gasteiger charge is 2.27. The topological polar surface area (TPSA) is 76.3 Å². The molecule has 96 valence electrons. The van der Waals surface area contributed by atoms with Crippen molar-refractivity contribution >= 4 is 27.7 Å². The predicted molar refractivity (Wildman–Crippen MR) is 69.8 cm³/mol. The third-order valence-corrected chi connectivity index (χ3v) is 3.50. The summed E-state index contributed by atoms with van der Waals surface area (Å²) >= 11 is 3.28. The quantitative estimate of drug-likeness (QED) is 0.891. The maximum Gasteiger partial charge on any atom is 0.255 e. The summed E-state index contributed by atoms with van der Waals surface area (Å²) in [4.78, 5) is 29.0. The molecule has 2 heterocycles. The van der Waals surface area contributed by atoms with Gasteiger partial charge in [-0.1, -0.05) is 0 Å². The summed E-state index contributed by atoms with van der Waals surface area (Å²) in [5.41, 5.74) is 5.82. The Morgan fingerprint density at radius 1 is 1.44 bits per heavy atom. The standard InChI is InChI=1S/C12H14BrN3O2/c13-10-4-9(5-15-6-10)12(18)16-3-1-2-8(7-16)11(14)17/h4-6,8H,1-3,7H2,(H2,14,17). The monoisotopic (exact) mass is 311 g/mol. The van der Waals surface area contributed by atoms with Gasteiger partial charge in [-0.25, -0.2) is 0 Å². The molecule has 1 aliphatic heterocycles. The molecule has 1 aliphatic rings. The van der Waals surface area contributed by atoms with Crippen molar-refractivity contribution in [2.24, 2.45) is 11.7 Å². The highest BCUT2D eigenvalue weighted by atomic mass is 79.9. The number of carbonyl (C=O) groups excluding carboxylic acids is 2. The molecule has 0 aromatic carbocycles. The number of likely N-dealkylation sites (tertiary alicyclic amines) is 1. The lowest BCUT2D eigenvalue weighted by molar-refractivity contribution is -0.123. The number of halogens is 1. The number of nitrogens with two attached hydrogens (primary N) is 1. The van der Waals surface area contributed by atoms with E-state index >= 15 is 0 Å². The van der Waals surface area contributed by atoms with Gasteiger partial charge in [-0.2, -0.15) is 0 Å². The van der Waals surface area contributed by atoms with Crippen molar-refractivity contribution in [3.8, 4) is 0 Å². The van der Waals surface area contributed by atoms with Gasteiger partial charge in [0.25, 0.3) is 5.91 Å². The van der Waals surface area contributed by atoms with Gasteiger partial charge in [0.15, 0.2) is 0 Å². The van der Waals surface area contributed by atoms with Gasteiger partial charge in [0.05, 0.1) is 11.5 Å². The molecule has 2 amide bonds. The lowest BCUT2D eigenvalue weighted by atomic mass is 9.97. The summed E-state index contributed by atoms with van der Waals surface area (Å²) < 4.78 is 0.761. The normalized spacial score (nSPS) is 19.6. The van der Waals surface area contributed by atoms with Crippen LogP contribution in [0.4, 0.5) is 0 Å². The number of amides is 2. The van der Waals surface area contributed by atoms with Crippen LogP contribution in [0.5, 0.6) is 0 Å². The molecule has 2 rings (SSSR count). The fourth-order valence-electron chi connectivity index (χ4n) is 2.11. The van der Waals surface area contributed by atoms with Crippen molar-refractivity contribution in [1.82, 2.24) is 9.88 Å². The fraction of sp³-hybridized carbons (Fsp3) is 0.417. The van der Waals surface area contributed by atoms with Crippen LogP contribution in [0.1, 0.15) is 23.2 Å². The summed E-state index contributed by atoms with van der Waals surface area (Å²) in [6.07, 6.45) is 4.72. The van der Waals surface area contributed by atoms with Crippen LogP contribution in [0.15, 0.2) is 22.9 Å². The van der Waals surface area contributed by atoms with Crippen LogP contribution in [0, 0.1) is 5.92 Å². The first-order valence-corrected chi connectivity index (χ1v) is 6.56. The number of nitrogens with zero attached hydrogens (tertiary/aromatic N) is 2. The van der Waals surface area contributed by atoms with Gasteiger partial charge in [0.2, 0.25) is 5.91 Å². The van der Waals surface area contributed by atoms with Gasteiger partial charge in [0, 0.05) is 30.0 Å². The molecule has 18 heavy (non-hydrogen) atoms. The molecular formula is C12H14BrN3O2. The lowest BCUT2D eigenvalue weighted by Crippen LogP contribution is -2.44. The van der Waals surface area contributed by atoms with E-state index in [1.807, 2.05) is 0 Å². The van der Waals surface area contributed by atoms with Crippen molar-refractivity contribution < 1.29 is 9.59 Å². The van der Waals surface area contributed by atoms with Crippen LogP contribution >= 0.6 is 15.9 Å². The van der Waals surface area contributed by atoms with Gasteiger partial charge in [-0.05, 0) is 34.8 Å². The molecule has 1 unspecified atom stereocenters. The van der Waals surface area contributed by atoms with E-state index in [9.17, 15) is 9.59 Å². The highest BCUT2D eigenvalue weighted by molar-refractivity contribution is 9.10. The zero-order valence-electron chi connectivity index (χ0n) is 9.80. The summed E-state index contributed by atoms with van der Waals surface area (Å²) in [6.45, 7) is 1.07.